The van der Waals surface area contributed by atoms with Gasteiger partial charge >= 0.3 is 0 Å². The zero-order chi connectivity index (χ0) is 18.9. The van der Waals surface area contributed by atoms with Crippen molar-refractivity contribution in [1.82, 2.24) is 10.2 Å². The third-order valence-corrected chi connectivity index (χ3v) is 6.72. The van der Waals surface area contributed by atoms with Gasteiger partial charge in [0.25, 0.3) is 0 Å². The maximum atomic E-state index is 13.6. The number of thioether (sulfide) groups is 1. The molecule has 1 aromatic carbocycles. The second-order valence-electron chi connectivity index (χ2n) is 6.52. The number of amides is 1. The summed E-state index contributed by atoms with van der Waals surface area (Å²) < 4.78 is 14.5. The van der Waals surface area contributed by atoms with Crippen molar-refractivity contribution in [2.45, 2.75) is 23.9 Å². The molecule has 1 N–H and O–H groups in total. The van der Waals surface area contributed by atoms with E-state index in [-0.39, 0.29) is 33.5 Å². The highest BCUT2D eigenvalue weighted by Gasteiger charge is 2.60. The normalized spacial score (nSPS) is 20.5. The Bertz CT molecular complexity index is 852. The number of nitrogens with zero attached hydrogens (tertiary/aromatic N) is 2. The Morgan fingerprint density at radius 1 is 1.38 bits per heavy atom. The number of hydrogen-bond donors (Lipinski definition) is 1. The van der Waals surface area contributed by atoms with Crippen molar-refractivity contribution >= 4 is 57.3 Å². The van der Waals surface area contributed by atoms with Gasteiger partial charge in [-0.25, -0.2) is 4.39 Å². The maximum Gasteiger partial charge on any atom is 0.230 e. The molecule has 2 atom stereocenters. The topological polar surface area (TPSA) is 54.9 Å². The van der Waals surface area contributed by atoms with E-state index >= 15 is 0 Å². The van der Waals surface area contributed by atoms with Crippen molar-refractivity contribution in [3.63, 3.8) is 0 Å². The molecule has 1 aromatic heterocycles. The van der Waals surface area contributed by atoms with E-state index in [9.17, 15) is 9.18 Å². The number of anilines is 1. The number of hydrogen-bond acceptors (Lipinski definition) is 5. The fourth-order valence-electron chi connectivity index (χ4n) is 2.88. The standard InChI is InChI=1S/C17H16Cl2FN3OS2/c1-17(2)10(7-12(18)19)13(17)14(24)21-15-22-23-16(26-15)25-8-9-5-3-4-6-11(9)20/h3-7,10,13H,8H2,1-2H3,(H,21,22,24)/t10-,13-/m1/s1. The van der Waals surface area contributed by atoms with Gasteiger partial charge in [0, 0.05) is 5.75 Å². The van der Waals surface area contributed by atoms with Crippen LogP contribution in [0.5, 0.6) is 0 Å². The van der Waals surface area contributed by atoms with Crippen LogP contribution in [0.1, 0.15) is 19.4 Å². The van der Waals surface area contributed by atoms with Gasteiger partial charge < -0.3 is 5.32 Å². The molecule has 26 heavy (non-hydrogen) atoms. The van der Waals surface area contributed by atoms with E-state index in [2.05, 4.69) is 15.5 Å². The molecule has 1 heterocycles. The van der Waals surface area contributed by atoms with Crippen LogP contribution in [-0.2, 0) is 10.5 Å². The van der Waals surface area contributed by atoms with Gasteiger partial charge in [-0.3, -0.25) is 4.79 Å². The van der Waals surface area contributed by atoms with Crippen molar-refractivity contribution < 1.29 is 9.18 Å². The summed E-state index contributed by atoms with van der Waals surface area (Å²) in [6.07, 6.45) is 1.70. The predicted octanol–water partition coefficient (Wildman–Crippen LogP) is 5.50. The smallest absolute Gasteiger partial charge is 0.230 e. The van der Waals surface area contributed by atoms with Crippen LogP contribution in [0, 0.1) is 23.1 Å². The van der Waals surface area contributed by atoms with Gasteiger partial charge in [-0.2, -0.15) is 0 Å². The number of carbonyl (C=O) groups is 1. The lowest BCUT2D eigenvalue weighted by Gasteiger charge is -2.02. The van der Waals surface area contributed by atoms with Crippen LogP contribution < -0.4 is 5.32 Å². The number of benzene rings is 1. The Morgan fingerprint density at radius 2 is 2.12 bits per heavy atom. The van der Waals surface area contributed by atoms with Gasteiger partial charge in [0.1, 0.15) is 10.3 Å². The molecule has 0 aliphatic heterocycles. The molecule has 1 fully saturated rings. The van der Waals surface area contributed by atoms with Crippen LogP contribution in [0.2, 0.25) is 0 Å². The summed E-state index contributed by atoms with van der Waals surface area (Å²) in [4.78, 5) is 12.5. The van der Waals surface area contributed by atoms with E-state index in [4.69, 9.17) is 23.2 Å². The molecule has 1 aliphatic carbocycles. The minimum Gasteiger partial charge on any atom is -0.300 e. The molecule has 1 saturated carbocycles. The van der Waals surface area contributed by atoms with Crippen molar-refractivity contribution in [3.8, 4) is 0 Å². The Kier molecular flexibility index (Phi) is 5.91. The Morgan fingerprint density at radius 3 is 2.81 bits per heavy atom. The molecular formula is C17H16Cl2FN3OS2. The summed E-state index contributed by atoms with van der Waals surface area (Å²) in [5, 5.41) is 11.2. The molecule has 1 amide bonds. The summed E-state index contributed by atoms with van der Waals surface area (Å²) in [6, 6.07) is 6.61. The molecule has 0 radical (unpaired) electrons. The Balaban J connectivity index is 1.58. The first-order valence-electron chi connectivity index (χ1n) is 7.82. The summed E-state index contributed by atoms with van der Waals surface area (Å²) >= 11 is 14.1. The molecule has 9 heteroatoms. The Labute approximate surface area is 169 Å². The maximum absolute atomic E-state index is 13.6. The fraction of sp³-hybridized carbons (Fsp3) is 0.353. The summed E-state index contributed by atoms with van der Waals surface area (Å²) in [5.74, 6) is -0.145. The number of allylic oxidation sites excluding steroid dienone is 1. The average molecular weight is 432 g/mol. The lowest BCUT2D eigenvalue weighted by atomic mass is 10.1. The third-order valence-electron chi connectivity index (χ3n) is 4.44. The highest BCUT2D eigenvalue weighted by atomic mass is 35.5. The zero-order valence-electron chi connectivity index (χ0n) is 14.0. The van der Waals surface area contributed by atoms with E-state index in [0.29, 0.717) is 20.8 Å². The molecule has 138 valence electrons. The summed E-state index contributed by atoms with van der Waals surface area (Å²) in [7, 11) is 0. The number of aromatic nitrogens is 2. The average Bonchev–Trinajstić information content (AvgIpc) is 2.90. The molecule has 0 bridgehead atoms. The van der Waals surface area contributed by atoms with Gasteiger partial charge in [0.15, 0.2) is 4.34 Å². The molecular weight excluding hydrogens is 416 g/mol. The second kappa shape index (κ2) is 7.84. The van der Waals surface area contributed by atoms with Crippen LogP contribution in [-0.4, -0.2) is 16.1 Å². The largest absolute Gasteiger partial charge is 0.300 e. The van der Waals surface area contributed by atoms with E-state index in [1.54, 1.807) is 24.3 Å². The highest BCUT2D eigenvalue weighted by Crippen LogP contribution is 2.60. The lowest BCUT2D eigenvalue weighted by molar-refractivity contribution is -0.118. The third kappa shape index (κ3) is 4.39. The first-order chi connectivity index (χ1) is 12.3. The fourth-order valence-corrected chi connectivity index (χ4v) is 4.89. The molecule has 3 rings (SSSR count). The van der Waals surface area contributed by atoms with Gasteiger partial charge in [0.2, 0.25) is 11.0 Å². The predicted molar refractivity (Wildman–Crippen MR) is 105 cm³/mol. The highest BCUT2D eigenvalue weighted by molar-refractivity contribution is 8.00. The van der Waals surface area contributed by atoms with Crippen molar-refractivity contribution in [2.24, 2.45) is 17.3 Å². The molecule has 0 saturated heterocycles. The van der Waals surface area contributed by atoms with Crippen molar-refractivity contribution in [3.05, 3.63) is 46.2 Å². The van der Waals surface area contributed by atoms with Crippen LogP contribution in [0.3, 0.4) is 0 Å². The van der Waals surface area contributed by atoms with Gasteiger partial charge in [-0.1, -0.05) is 78.3 Å². The van der Waals surface area contributed by atoms with Crippen molar-refractivity contribution in [1.29, 1.82) is 0 Å². The molecule has 1 aliphatic rings. The van der Waals surface area contributed by atoms with Crippen LogP contribution in [0.15, 0.2) is 39.2 Å². The monoisotopic (exact) mass is 431 g/mol. The van der Waals surface area contributed by atoms with Gasteiger partial charge in [-0.05, 0) is 29.0 Å². The van der Waals surface area contributed by atoms with Crippen molar-refractivity contribution in [2.75, 3.05) is 5.32 Å². The molecule has 4 nitrogen and oxygen atoms in total. The van der Waals surface area contributed by atoms with E-state index in [1.807, 2.05) is 13.8 Å². The van der Waals surface area contributed by atoms with Gasteiger partial charge in [0.05, 0.1) is 5.92 Å². The number of rotatable bonds is 6. The lowest BCUT2D eigenvalue weighted by Crippen LogP contribution is -2.16. The molecule has 2 aromatic rings. The van der Waals surface area contributed by atoms with E-state index in [0.717, 1.165) is 0 Å². The number of nitrogens with one attached hydrogen (secondary N) is 1. The SMILES string of the molecule is CC1(C)[C@H](C=C(Cl)Cl)[C@@H]1C(=O)Nc1nnc(SCc2ccccc2F)s1. The Hall–Kier alpha value is -1.15. The van der Waals surface area contributed by atoms with E-state index < -0.39 is 0 Å². The van der Waals surface area contributed by atoms with Crippen LogP contribution in [0.25, 0.3) is 0 Å². The first kappa shape index (κ1) is 19.6. The van der Waals surface area contributed by atoms with E-state index in [1.165, 1.54) is 29.2 Å². The number of carbonyl (C=O) groups excluding carboxylic acids is 1. The quantitative estimate of drug-likeness (QED) is 0.484. The minimum absolute atomic E-state index is 0.00433. The first-order valence-corrected chi connectivity index (χ1v) is 10.4. The van der Waals surface area contributed by atoms with Gasteiger partial charge in [-0.15, -0.1) is 10.2 Å². The van der Waals surface area contributed by atoms with Crippen LogP contribution in [0.4, 0.5) is 9.52 Å². The molecule has 0 spiro atoms. The molecule has 0 unspecified atom stereocenters. The van der Waals surface area contributed by atoms with Crippen LogP contribution >= 0.6 is 46.3 Å². The summed E-state index contributed by atoms with van der Waals surface area (Å²) in [5.41, 5.74) is 0.400. The zero-order valence-corrected chi connectivity index (χ0v) is 17.1. The summed E-state index contributed by atoms with van der Waals surface area (Å²) in [6.45, 7) is 3.98. The number of halogens is 3. The minimum atomic E-state index is -0.244. The second-order valence-corrected chi connectivity index (χ2v) is 9.73.